The van der Waals surface area contributed by atoms with Gasteiger partial charge in [0, 0.05) is 20.1 Å². The molecule has 0 aliphatic heterocycles. The molecule has 5 nitrogen and oxygen atoms in total. The average Bonchev–Trinajstić information content (AvgIpc) is 3.05. The number of hydrogen-bond donors (Lipinski definition) is 1. The highest BCUT2D eigenvalue weighted by Gasteiger charge is 2.29. The molecule has 1 unspecified atom stereocenters. The number of hydrogen-bond acceptors (Lipinski definition) is 4. The topological polar surface area (TPSA) is 52.1 Å². The van der Waals surface area contributed by atoms with Crippen molar-refractivity contribution in [2.45, 2.75) is 31.4 Å². The Balaban J connectivity index is 2.12. The van der Waals surface area contributed by atoms with Gasteiger partial charge >= 0.3 is 0 Å². The maximum atomic E-state index is 5.34. The summed E-state index contributed by atoms with van der Waals surface area (Å²) < 4.78 is 13.1. The standard InChI is InChI=1S/C10H17N3O2S/c1-14-6-8(15-2)5-13-9(7-3-4-7)11-12-10(13)16/h7-8H,3-6H2,1-2H3,(H,12,16). The van der Waals surface area contributed by atoms with Crippen molar-refractivity contribution < 1.29 is 9.47 Å². The van der Waals surface area contributed by atoms with E-state index in [-0.39, 0.29) is 6.10 Å². The Kier molecular flexibility index (Phi) is 3.73. The summed E-state index contributed by atoms with van der Waals surface area (Å²) >= 11 is 5.22. The highest BCUT2D eigenvalue weighted by Crippen LogP contribution is 2.38. The number of ether oxygens (including phenoxy) is 2. The Labute approximate surface area is 99.8 Å². The lowest BCUT2D eigenvalue weighted by Gasteiger charge is -2.15. The molecule has 1 aromatic rings. The van der Waals surface area contributed by atoms with Crippen molar-refractivity contribution in [2.75, 3.05) is 20.8 Å². The minimum Gasteiger partial charge on any atom is -0.382 e. The quantitative estimate of drug-likeness (QED) is 0.769. The van der Waals surface area contributed by atoms with Gasteiger partial charge in [0.15, 0.2) is 4.77 Å². The molecule has 6 heteroatoms. The van der Waals surface area contributed by atoms with Crippen LogP contribution < -0.4 is 0 Å². The van der Waals surface area contributed by atoms with Crippen LogP contribution in [0.2, 0.25) is 0 Å². The zero-order valence-electron chi connectivity index (χ0n) is 9.60. The fraction of sp³-hybridized carbons (Fsp3) is 0.800. The Hall–Kier alpha value is -0.720. The van der Waals surface area contributed by atoms with Gasteiger partial charge in [0.25, 0.3) is 0 Å². The van der Waals surface area contributed by atoms with Crippen LogP contribution in [0.4, 0.5) is 0 Å². The van der Waals surface area contributed by atoms with Crippen LogP contribution in [0.3, 0.4) is 0 Å². The van der Waals surface area contributed by atoms with Crippen LogP contribution in [0, 0.1) is 4.77 Å². The van der Waals surface area contributed by atoms with Gasteiger partial charge in [-0.1, -0.05) is 0 Å². The van der Waals surface area contributed by atoms with Gasteiger partial charge in [-0.2, -0.15) is 5.10 Å². The largest absolute Gasteiger partial charge is 0.382 e. The number of methoxy groups -OCH3 is 2. The second kappa shape index (κ2) is 5.07. The van der Waals surface area contributed by atoms with Gasteiger partial charge in [-0.05, 0) is 25.1 Å². The molecule has 1 fully saturated rings. The van der Waals surface area contributed by atoms with Crippen molar-refractivity contribution in [1.29, 1.82) is 0 Å². The third kappa shape index (κ3) is 2.50. The summed E-state index contributed by atoms with van der Waals surface area (Å²) in [5.41, 5.74) is 0. The van der Waals surface area contributed by atoms with Gasteiger partial charge in [-0.25, -0.2) is 0 Å². The highest BCUT2D eigenvalue weighted by atomic mass is 32.1. The van der Waals surface area contributed by atoms with Crippen LogP contribution in [-0.4, -0.2) is 41.7 Å². The number of aromatic amines is 1. The highest BCUT2D eigenvalue weighted by molar-refractivity contribution is 7.71. The van der Waals surface area contributed by atoms with Gasteiger partial charge in [0.05, 0.1) is 19.3 Å². The molecule has 2 rings (SSSR count). The Morgan fingerprint density at radius 3 is 2.88 bits per heavy atom. The van der Waals surface area contributed by atoms with Gasteiger partial charge in [-0.3, -0.25) is 5.10 Å². The average molecular weight is 243 g/mol. The first-order chi connectivity index (χ1) is 7.76. The van der Waals surface area contributed by atoms with Crippen LogP contribution >= 0.6 is 12.2 Å². The first kappa shape index (κ1) is 11.8. The summed E-state index contributed by atoms with van der Waals surface area (Å²) in [5.74, 6) is 1.64. The van der Waals surface area contributed by atoms with Crippen molar-refractivity contribution >= 4 is 12.2 Å². The summed E-state index contributed by atoms with van der Waals surface area (Å²) in [6.45, 7) is 1.26. The summed E-state index contributed by atoms with van der Waals surface area (Å²) in [6.07, 6.45) is 2.44. The molecular formula is C10H17N3O2S. The molecule has 90 valence electrons. The molecule has 1 aromatic heterocycles. The normalized spacial score (nSPS) is 17.6. The minimum absolute atomic E-state index is 0.0202. The van der Waals surface area contributed by atoms with E-state index < -0.39 is 0 Å². The lowest BCUT2D eigenvalue weighted by Crippen LogP contribution is -2.24. The third-order valence-electron chi connectivity index (χ3n) is 2.80. The fourth-order valence-corrected chi connectivity index (χ4v) is 1.96. The number of nitrogens with zero attached hydrogens (tertiary/aromatic N) is 2. The van der Waals surface area contributed by atoms with E-state index in [4.69, 9.17) is 21.7 Å². The molecule has 0 spiro atoms. The van der Waals surface area contributed by atoms with E-state index in [1.54, 1.807) is 14.2 Å². The molecule has 1 atom stereocenters. The maximum Gasteiger partial charge on any atom is 0.195 e. The van der Waals surface area contributed by atoms with Crippen LogP contribution in [-0.2, 0) is 16.0 Å². The lowest BCUT2D eigenvalue weighted by atomic mass is 10.3. The Bertz CT molecular complexity index is 397. The third-order valence-corrected chi connectivity index (χ3v) is 3.11. The molecule has 1 aliphatic rings. The van der Waals surface area contributed by atoms with E-state index in [2.05, 4.69) is 10.2 Å². The second-order valence-electron chi connectivity index (χ2n) is 4.08. The molecule has 1 aliphatic carbocycles. The van der Waals surface area contributed by atoms with E-state index >= 15 is 0 Å². The second-order valence-corrected chi connectivity index (χ2v) is 4.47. The molecule has 1 N–H and O–H groups in total. The van der Waals surface area contributed by atoms with Crippen molar-refractivity contribution in [2.24, 2.45) is 0 Å². The Morgan fingerprint density at radius 2 is 2.31 bits per heavy atom. The SMILES string of the molecule is COCC(Cn1c(C2CC2)n[nH]c1=S)OC. The van der Waals surface area contributed by atoms with Gasteiger partial charge in [0.1, 0.15) is 5.82 Å². The lowest BCUT2D eigenvalue weighted by molar-refractivity contribution is 0.0176. The molecule has 0 radical (unpaired) electrons. The first-order valence-corrected chi connectivity index (χ1v) is 5.84. The van der Waals surface area contributed by atoms with Crippen LogP contribution in [0.15, 0.2) is 0 Å². The van der Waals surface area contributed by atoms with E-state index in [0.29, 0.717) is 23.8 Å². The molecule has 0 aromatic carbocycles. The fourth-order valence-electron chi connectivity index (χ4n) is 1.74. The van der Waals surface area contributed by atoms with Crippen LogP contribution in [0.25, 0.3) is 0 Å². The Morgan fingerprint density at radius 1 is 1.56 bits per heavy atom. The molecule has 0 bridgehead atoms. The number of nitrogens with one attached hydrogen (secondary N) is 1. The van der Waals surface area contributed by atoms with Crippen LogP contribution in [0.1, 0.15) is 24.6 Å². The number of rotatable bonds is 6. The summed E-state index contributed by atoms with van der Waals surface area (Å²) in [7, 11) is 3.35. The van der Waals surface area contributed by atoms with E-state index in [9.17, 15) is 0 Å². The molecule has 1 heterocycles. The molecule has 1 saturated carbocycles. The zero-order chi connectivity index (χ0) is 11.5. The van der Waals surface area contributed by atoms with Gasteiger partial charge in [0.2, 0.25) is 0 Å². The number of H-pyrrole nitrogens is 1. The van der Waals surface area contributed by atoms with Crippen molar-refractivity contribution in [1.82, 2.24) is 14.8 Å². The van der Waals surface area contributed by atoms with E-state index in [0.717, 1.165) is 5.82 Å². The van der Waals surface area contributed by atoms with E-state index in [1.807, 2.05) is 4.57 Å². The van der Waals surface area contributed by atoms with Crippen LogP contribution in [0.5, 0.6) is 0 Å². The maximum absolute atomic E-state index is 5.34. The summed E-state index contributed by atoms with van der Waals surface area (Å²) in [5, 5.41) is 7.12. The van der Waals surface area contributed by atoms with Gasteiger partial charge in [-0.15, -0.1) is 0 Å². The van der Waals surface area contributed by atoms with Crippen molar-refractivity contribution in [3.63, 3.8) is 0 Å². The molecule has 0 saturated heterocycles. The molecule has 16 heavy (non-hydrogen) atoms. The molecule has 0 amide bonds. The molecular weight excluding hydrogens is 226 g/mol. The smallest absolute Gasteiger partial charge is 0.195 e. The van der Waals surface area contributed by atoms with E-state index in [1.165, 1.54) is 12.8 Å². The van der Waals surface area contributed by atoms with Gasteiger partial charge < -0.3 is 14.0 Å². The van der Waals surface area contributed by atoms with Crippen molar-refractivity contribution in [3.05, 3.63) is 10.6 Å². The predicted octanol–water partition coefficient (Wildman–Crippen LogP) is 1.48. The number of aromatic nitrogens is 3. The summed E-state index contributed by atoms with van der Waals surface area (Å²) in [6, 6.07) is 0. The first-order valence-electron chi connectivity index (χ1n) is 5.43. The predicted molar refractivity (Wildman–Crippen MR) is 62.1 cm³/mol. The summed E-state index contributed by atoms with van der Waals surface area (Å²) in [4.78, 5) is 0. The minimum atomic E-state index is 0.0202. The monoisotopic (exact) mass is 243 g/mol. The zero-order valence-corrected chi connectivity index (χ0v) is 10.4. The van der Waals surface area contributed by atoms with Crippen molar-refractivity contribution in [3.8, 4) is 0 Å².